The number of allylic oxidation sites excluding steroid dienone is 2. The third-order valence-electron chi connectivity index (χ3n) is 3.35. The minimum Gasteiger partial charge on any atom is -0.467 e. The Kier molecular flexibility index (Phi) is 5.57. The smallest absolute Gasteiger partial charge is 0.330 e. The first-order valence-corrected chi connectivity index (χ1v) is 6.92. The van der Waals surface area contributed by atoms with Crippen LogP contribution in [-0.2, 0) is 20.9 Å². The maximum absolute atomic E-state index is 12.0. The summed E-state index contributed by atoms with van der Waals surface area (Å²) in [4.78, 5) is 13.4. The van der Waals surface area contributed by atoms with Gasteiger partial charge >= 0.3 is 5.97 Å². The number of esters is 1. The first-order chi connectivity index (χ1) is 10.6. The molecule has 0 radical (unpaired) electrons. The van der Waals surface area contributed by atoms with Gasteiger partial charge in [0.2, 0.25) is 0 Å². The summed E-state index contributed by atoms with van der Waals surface area (Å²) >= 11 is 0. The van der Waals surface area contributed by atoms with Gasteiger partial charge in [0.05, 0.1) is 26.0 Å². The molecule has 6 nitrogen and oxygen atoms in total. The highest BCUT2D eigenvalue weighted by Gasteiger charge is 2.31. The Morgan fingerprint density at radius 1 is 1.41 bits per heavy atom. The molecule has 2 rings (SSSR count). The normalized spacial score (nSPS) is 18.7. The summed E-state index contributed by atoms with van der Waals surface area (Å²) in [6.07, 6.45) is 3.76. The molecule has 22 heavy (non-hydrogen) atoms. The summed E-state index contributed by atoms with van der Waals surface area (Å²) in [5, 5.41) is 10.1. The molecule has 1 aromatic rings. The van der Waals surface area contributed by atoms with Crippen LogP contribution in [-0.4, -0.2) is 42.0 Å². The molecule has 0 bridgehead atoms. The summed E-state index contributed by atoms with van der Waals surface area (Å²) in [6.45, 7) is 0.448. The predicted molar refractivity (Wildman–Crippen MR) is 81.2 cm³/mol. The van der Waals surface area contributed by atoms with Crippen molar-refractivity contribution in [2.45, 2.75) is 18.9 Å². The largest absolute Gasteiger partial charge is 0.467 e. The Labute approximate surface area is 129 Å². The van der Waals surface area contributed by atoms with Gasteiger partial charge in [-0.15, -0.1) is 0 Å². The fraction of sp³-hybridized carbons (Fsp3) is 0.312. The van der Waals surface area contributed by atoms with E-state index < -0.39 is 18.2 Å². The Balaban J connectivity index is 1.99. The molecule has 1 aliphatic heterocycles. The van der Waals surface area contributed by atoms with Crippen molar-refractivity contribution in [3.05, 3.63) is 59.9 Å². The molecule has 0 aliphatic carbocycles. The minimum atomic E-state index is -1.07. The van der Waals surface area contributed by atoms with Crippen LogP contribution in [0.1, 0.15) is 5.56 Å². The quantitative estimate of drug-likeness (QED) is 0.754. The summed E-state index contributed by atoms with van der Waals surface area (Å²) in [7, 11) is 1.30. The molecule has 0 fully saturated rings. The number of aliphatic hydroxyl groups is 1. The van der Waals surface area contributed by atoms with Gasteiger partial charge in [-0.2, -0.15) is 0 Å². The lowest BCUT2D eigenvalue weighted by Gasteiger charge is -2.34. The highest BCUT2D eigenvalue weighted by Crippen LogP contribution is 2.16. The molecule has 1 aliphatic rings. The Bertz CT molecular complexity index is 557. The molecule has 0 amide bonds. The SMILES string of the molecule is COC(=O)[C@@H](COCc1ccccc1)N1C=CC=C(N)C1O. The van der Waals surface area contributed by atoms with Crippen LogP contribution in [0, 0.1) is 0 Å². The molecule has 3 N–H and O–H groups in total. The van der Waals surface area contributed by atoms with Gasteiger partial charge in [0.15, 0.2) is 12.3 Å². The fourth-order valence-corrected chi connectivity index (χ4v) is 2.14. The molecule has 118 valence electrons. The van der Waals surface area contributed by atoms with Crippen molar-refractivity contribution in [3.63, 3.8) is 0 Å². The van der Waals surface area contributed by atoms with E-state index in [1.165, 1.54) is 12.0 Å². The van der Waals surface area contributed by atoms with E-state index in [-0.39, 0.29) is 12.3 Å². The second kappa shape index (κ2) is 7.63. The second-order valence-electron chi connectivity index (χ2n) is 4.87. The number of nitrogens with zero attached hydrogens (tertiary/aromatic N) is 1. The summed E-state index contributed by atoms with van der Waals surface area (Å²) in [5.41, 5.74) is 6.96. The van der Waals surface area contributed by atoms with E-state index in [0.717, 1.165) is 5.56 Å². The minimum absolute atomic E-state index is 0.0796. The maximum Gasteiger partial charge on any atom is 0.330 e. The van der Waals surface area contributed by atoms with Crippen molar-refractivity contribution in [1.29, 1.82) is 0 Å². The molecule has 1 unspecified atom stereocenters. The van der Waals surface area contributed by atoms with Crippen LogP contribution >= 0.6 is 0 Å². The topological polar surface area (TPSA) is 85.0 Å². The van der Waals surface area contributed by atoms with Crippen LogP contribution in [0.25, 0.3) is 0 Å². The van der Waals surface area contributed by atoms with Crippen LogP contribution in [0.15, 0.2) is 54.4 Å². The van der Waals surface area contributed by atoms with Crippen LogP contribution in [0.5, 0.6) is 0 Å². The third kappa shape index (κ3) is 3.87. The number of hydrogen-bond donors (Lipinski definition) is 2. The molecular formula is C16H20N2O4. The van der Waals surface area contributed by atoms with Crippen molar-refractivity contribution in [2.24, 2.45) is 5.73 Å². The number of ether oxygens (including phenoxy) is 2. The number of carbonyl (C=O) groups excluding carboxylic acids is 1. The van der Waals surface area contributed by atoms with Crippen molar-refractivity contribution in [1.82, 2.24) is 4.90 Å². The number of nitrogens with two attached hydrogens (primary N) is 1. The second-order valence-corrected chi connectivity index (χ2v) is 4.87. The van der Waals surface area contributed by atoms with E-state index in [1.807, 2.05) is 30.3 Å². The molecule has 1 heterocycles. The maximum atomic E-state index is 12.0. The van der Waals surface area contributed by atoms with Gasteiger partial charge in [0.25, 0.3) is 0 Å². The van der Waals surface area contributed by atoms with Crippen molar-refractivity contribution < 1.29 is 19.4 Å². The van der Waals surface area contributed by atoms with Crippen molar-refractivity contribution >= 4 is 5.97 Å². The molecule has 6 heteroatoms. The lowest BCUT2D eigenvalue weighted by Crippen LogP contribution is -2.49. The van der Waals surface area contributed by atoms with Crippen LogP contribution in [0.3, 0.4) is 0 Å². The van der Waals surface area contributed by atoms with Gasteiger partial charge in [0, 0.05) is 6.20 Å². The van der Waals surface area contributed by atoms with Gasteiger partial charge in [-0.25, -0.2) is 4.79 Å². The van der Waals surface area contributed by atoms with Crippen LogP contribution < -0.4 is 5.73 Å². The van der Waals surface area contributed by atoms with Gasteiger partial charge in [-0.1, -0.05) is 30.3 Å². The third-order valence-corrected chi connectivity index (χ3v) is 3.35. The number of methoxy groups -OCH3 is 1. The Morgan fingerprint density at radius 3 is 2.82 bits per heavy atom. The molecular weight excluding hydrogens is 284 g/mol. The van der Waals surface area contributed by atoms with E-state index in [9.17, 15) is 9.90 Å². The average molecular weight is 304 g/mol. The van der Waals surface area contributed by atoms with Crippen LogP contribution in [0.2, 0.25) is 0 Å². The number of benzene rings is 1. The Morgan fingerprint density at radius 2 is 2.14 bits per heavy atom. The Hall–Kier alpha value is -2.31. The van der Waals surface area contributed by atoms with E-state index >= 15 is 0 Å². The number of rotatable bonds is 6. The van der Waals surface area contributed by atoms with Gasteiger partial charge < -0.3 is 25.2 Å². The van der Waals surface area contributed by atoms with E-state index in [1.54, 1.807) is 18.4 Å². The van der Waals surface area contributed by atoms with Crippen molar-refractivity contribution in [2.75, 3.05) is 13.7 Å². The zero-order valence-electron chi connectivity index (χ0n) is 12.4. The molecule has 0 aromatic heterocycles. The highest BCUT2D eigenvalue weighted by molar-refractivity contribution is 5.76. The monoisotopic (exact) mass is 304 g/mol. The van der Waals surface area contributed by atoms with E-state index in [0.29, 0.717) is 6.61 Å². The molecule has 0 spiro atoms. The van der Waals surface area contributed by atoms with Crippen LogP contribution in [0.4, 0.5) is 0 Å². The average Bonchev–Trinajstić information content (AvgIpc) is 2.55. The van der Waals surface area contributed by atoms with Gasteiger partial charge in [0.1, 0.15) is 0 Å². The predicted octanol–water partition coefficient (Wildman–Crippen LogP) is 0.735. The zero-order valence-corrected chi connectivity index (χ0v) is 12.4. The van der Waals surface area contributed by atoms with E-state index in [2.05, 4.69) is 0 Å². The number of hydrogen-bond acceptors (Lipinski definition) is 6. The molecule has 0 saturated heterocycles. The molecule has 2 atom stereocenters. The summed E-state index contributed by atoms with van der Waals surface area (Å²) in [5.74, 6) is -0.494. The fourth-order valence-electron chi connectivity index (χ4n) is 2.14. The van der Waals surface area contributed by atoms with Gasteiger partial charge in [-0.05, 0) is 17.7 Å². The standard InChI is InChI=1S/C16H20N2O4/c1-21-16(20)14(18-9-5-8-13(17)15(18)19)11-22-10-12-6-3-2-4-7-12/h2-9,14-15,19H,10-11,17H2,1H3/t14-,15?/m1/s1. The zero-order chi connectivity index (χ0) is 15.9. The first kappa shape index (κ1) is 16.1. The molecule has 0 saturated carbocycles. The summed E-state index contributed by atoms with van der Waals surface area (Å²) in [6, 6.07) is 8.85. The van der Waals surface area contributed by atoms with Gasteiger partial charge in [-0.3, -0.25) is 0 Å². The van der Waals surface area contributed by atoms with E-state index in [4.69, 9.17) is 15.2 Å². The highest BCUT2D eigenvalue weighted by atomic mass is 16.5. The lowest BCUT2D eigenvalue weighted by molar-refractivity contribution is -0.152. The molecule has 1 aromatic carbocycles. The number of aliphatic hydroxyl groups excluding tert-OH is 1. The summed E-state index contributed by atoms with van der Waals surface area (Å²) < 4.78 is 10.4. The number of carbonyl (C=O) groups is 1. The first-order valence-electron chi connectivity index (χ1n) is 6.92. The lowest BCUT2D eigenvalue weighted by atomic mass is 10.2. The van der Waals surface area contributed by atoms with Crippen molar-refractivity contribution in [3.8, 4) is 0 Å².